The number of rotatable bonds is 5. The number of nitrogens with one attached hydrogen (secondary N) is 2. The van der Waals surface area contributed by atoms with Crippen LogP contribution in [0.2, 0.25) is 10.0 Å². The van der Waals surface area contributed by atoms with Gasteiger partial charge in [-0.3, -0.25) is 14.4 Å². The molecule has 1 aliphatic heterocycles. The molecule has 154 valence electrons. The lowest BCUT2D eigenvalue weighted by atomic mass is 10.2. The van der Waals surface area contributed by atoms with Gasteiger partial charge in [0.1, 0.15) is 10.6 Å². The molecule has 0 saturated carbocycles. The smallest absolute Gasteiger partial charge is 0.266 e. The zero-order chi connectivity index (χ0) is 21.3. The SMILES string of the molecule is CON(C)S(=O)(=O)c1cc(C(=O)Nc2cc3c(cc2Cl)NC(=O)CO3)ccc1Cl. The highest BCUT2D eigenvalue weighted by Gasteiger charge is 2.26. The third kappa shape index (κ3) is 4.31. The van der Waals surface area contributed by atoms with Gasteiger partial charge in [-0.1, -0.05) is 27.7 Å². The molecule has 3 rings (SSSR count). The lowest BCUT2D eigenvalue weighted by Crippen LogP contribution is -2.26. The Morgan fingerprint density at radius 2 is 1.97 bits per heavy atom. The quantitative estimate of drug-likeness (QED) is 0.664. The van der Waals surface area contributed by atoms with Crippen LogP contribution in [0.1, 0.15) is 10.4 Å². The van der Waals surface area contributed by atoms with Crippen molar-refractivity contribution < 1.29 is 27.6 Å². The first-order valence-electron chi connectivity index (χ1n) is 8.03. The van der Waals surface area contributed by atoms with Gasteiger partial charge in [-0.25, -0.2) is 8.42 Å². The number of carbonyl (C=O) groups excluding carboxylic acids is 2. The number of hydrogen-bond donors (Lipinski definition) is 2. The minimum absolute atomic E-state index is 0.0282. The Morgan fingerprint density at radius 1 is 1.24 bits per heavy atom. The van der Waals surface area contributed by atoms with Gasteiger partial charge in [-0.05, 0) is 24.3 Å². The summed E-state index contributed by atoms with van der Waals surface area (Å²) in [4.78, 5) is 28.5. The number of hydrogen-bond acceptors (Lipinski definition) is 6. The first kappa shape index (κ1) is 21.3. The summed E-state index contributed by atoms with van der Waals surface area (Å²) in [5, 5.41) is 5.27. The summed E-state index contributed by atoms with van der Waals surface area (Å²) < 4.78 is 30.9. The van der Waals surface area contributed by atoms with E-state index in [1.165, 1.54) is 38.4 Å². The molecule has 9 nitrogen and oxygen atoms in total. The number of hydroxylamine groups is 1. The fourth-order valence-corrected chi connectivity index (χ4v) is 4.15. The molecule has 29 heavy (non-hydrogen) atoms. The fraction of sp³-hybridized carbons (Fsp3) is 0.176. The van der Waals surface area contributed by atoms with E-state index in [0.717, 1.165) is 6.07 Å². The maximum Gasteiger partial charge on any atom is 0.266 e. The van der Waals surface area contributed by atoms with E-state index in [0.29, 0.717) is 15.9 Å². The monoisotopic (exact) mass is 459 g/mol. The number of anilines is 2. The van der Waals surface area contributed by atoms with E-state index in [2.05, 4.69) is 10.6 Å². The van der Waals surface area contributed by atoms with Crippen LogP contribution in [-0.4, -0.2) is 45.5 Å². The van der Waals surface area contributed by atoms with Crippen LogP contribution in [0.3, 0.4) is 0 Å². The molecule has 0 saturated heterocycles. The Morgan fingerprint density at radius 3 is 2.66 bits per heavy atom. The van der Waals surface area contributed by atoms with Crippen LogP contribution in [0.25, 0.3) is 0 Å². The van der Waals surface area contributed by atoms with E-state index in [1.807, 2.05) is 0 Å². The summed E-state index contributed by atoms with van der Waals surface area (Å²) in [6, 6.07) is 6.69. The van der Waals surface area contributed by atoms with Crippen LogP contribution in [0, 0.1) is 0 Å². The maximum absolute atomic E-state index is 12.7. The molecule has 2 N–H and O–H groups in total. The summed E-state index contributed by atoms with van der Waals surface area (Å²) >= 11 is 12.2. The van der Waals surface area contributed by atoms with Crippen LogP contribution in [0.15, 0.2) is 35.2 Å². The number of halogens is 2. The highest BCUT2D eigenvalue weighted by atomic mass is 35.5. The average molecular weight is 460 g/mol. The van der Waals surface area contributed by atoms with Gasteiger partial charge < -0.3 is 15.4 Å². The van der Waals surface area contributed by atoms with Gasteiger partial charge in [-0.2, -0.15) is 0 Å². The van der Waals surface area contributed by atoms with Crippen molar-refractivity contribution in [3.63, 3.8) is 0 Å². The van der Waals surface area contributed by atoms with Gasteiger partial charge in [0.25, 0.3) is 21.8 Å². The minimum Gasteiger partial charge on any atom is -0.482 e. The van der Waals surface area contributed by atoms with Crippen molar-refractivity contribution in [3.05, 3.63) is 45.9 Å². The molecule has 1 aliphatic rings. The van der Waals surface area contributed by atoms with Crippen LogP contribution >= 0.6 is 23.2 Å². The molecule has 0 fully saturated rings. The number of sulfonamides is 1. The standard InChI is InChI=1S/C17H15Cl2N3O6S/c1-22(27-2)29(25,26)15-5-9(3-4-10(15)18)17(24)21-12-7-14-13(6-11(12)19)20-16(23)8-28-14/h3-7H,8H2,1-2H3,(H,20,23)(H,21,24). The fourth-order valence-electron chi connectivity index (χ4n) is 2.47. The molecule has 1 heterocycles. The lowest BCUT2D eigenvalue weighted by Gasteiger charge is -2.20. The highest BCUT2D eigenvalue weighted by Crippen LogP contribution is 2.36. The molecule has 0 aromatic heterocycles. The van der Waals surface area contributed by atoms with Gasteiger partial charge in [-0.15, -0.1) is 0 Å². The minimum atomic E-state index is -4.06. The third-order valence-corrected chi connectivity index (χ3v) is 6.49. The predicted octanol–water partition coefficient (Wildman–Crippen LogP) is 2.76. The highest BCUT2D eigenvalue weighted by molar-refractivity contribution is 7.89. The molecule has 0 aliphatic carbocycles. The van der Waals surface area contributed by atoms with Gasteiger partial charge in [0.15, 0.2) is 6.61 Å². The Hall–Kier alpha value is -2.37. The normalized spacial score (nSPS) is 13.5. The van der Waals surface area contributed by atoms with Gasteiger partial charge in [0, 0.05) is 18.7 Å². The molecule has 12 heteroatoms. The van der Waals surface area contributed by atoms with E-state index in [9.17, 15) is 18.0 Å². The van der Waals surface area contributed by atoms with Crippen molar-refractivity contribution in [2.24, 2.45) is 0 Å². The summed E-state index contributed by atoms with van der Waals surface area (Å²) in [5.74, 6) is -0.605. The van der Waals surface area contributed by atoms with Crippen LogP contribution in [0.4, 0.5) is 11.4 Å². The zero-order valence-corrected chi connectivity index (χ0v) is 17.5. The number of ether oxygens (including phenoxy) is 1. The first-order chi connectivity index (χ1) is 13.6. The molecular formula is C17H15Cl2N3O6S. The number of nitrogens with zero attached hydrogens (tertiary/aromatic N) is 1. The van der Waals surface area contributed by atoms with Crippen molar-refractivity contribution in [3.8, 4) is 5.75 Å². The van der Waals surface area contributed by atoms with E-state index < -0.39 is 15.9 Å². The van der Waals surface area contributed by atoms with E-state index >= 15 is 0 Å². The Kier molecular flexibility index (Phi) is 6.01. The maximum atomic E-state index is 12.7. The molecule has 2 aromatic rings. The first-order valence-corrected chi connectivity index (χ1v) is 10.2. The summed E-state index contributed by atoms with van der Waals surface area (Å²) in [6.45, 7) is -0.159. The summed E-state index contributed by atoms with van der Waals surface area (Å²) in [5.41, 5.74) is 0.632. The predicted molar refractivity (Wildman–Crippen MR) is 107 cm³/mol. The Bertz CT molecular complexity index is 1110. The number of amides is 2. The average Bonchev–Trinajstić information content (AvgIpc) is 2.68. The van der Waals surface area contributed by atoms with Crippen molar-refractivity contribution in [1.29, 1.82) is 0 Å². The molecule has 2 amide bonds. The molecule has 0 unspecified atom stereocenters. The molecule has 0 radical (unpaired) electrons. The second kappa shape index (κ2) is 8.17. The van der Waals surface area contributed by atoms with Crippen molar-refractivity contribution in [1.82, 2.24) is 4.47 Å². The topological polar surface area (TPSA) is 114 Å². The molecule has 2 aromatic carbocycles. The molecule has 0 spiro atoms. The van der Waals surface area contributed by atoms with E-state index in [1.54, 1.807) is 0 Å². The number of benzene rings is 2. The second-order valence-corrected chi connectivity index (χ2v) is 8.58. The molecular weight excluding hydrogens is 445 g/mol. The summed E-state index contributed by atoms with van der Waals surface area (Å²) in [6.07, 6.45) is 0. The lowest BCUT2D eigenvalue weighted by molar-refractivity contribution is -0.118. The van der Waals surface area contributed by atoms with Crippen LogP contribution < -0.4 is 15.4 Å². The van der Waals surface area contributed by atoms with E-state index in [-0.39, 0.29) is 38.7 Å². The van der Waals surface area contributed by atoms with E-state index in [4.69, 9.17) is 32.8 Å². The Labute approximate surface area is 176 Å². The molecule has 0 atom stereocenters. The van der Waals surface area contributed by atoms with Crippen molar-refractivity contribution >= 4 is 56.4 Å². The molecule has 0 bridgehead atoms. The van der Waals surface area contributed by atoms with Gasteiger partial charge in [0.05, 0.1) is 28.5 Å². The zero-order valence-electron chi connectivity index (χ0n) is 15.2. The van der Waals surface area contributed by atoms with Crippen LogP contribution in [-0.2, 0) is 19.7 Å². The largest absolute Gasteiger partial charge is 0.482 e. The van der Waals surface area contributed by atoms with Crippen molar-refractivity contribution in [2.75, 3.05) is 31.4 Å². The van der Waals surface area contributed by atoms with Crippen molar-refractivity contribution in [2.45, 2.75) is 4.90 Å². The number of fused-ring (bicyclic) bond motifs is 1. The van der Waals surface area contributed by atoms with Crippen LogP contribution in [0.5, 0.6) is 5.75 Å². The second-order valence-electron chi connectivity index (χ2n) is 5.86. The van der Waals surface area contributed by atoms with Gasteiger partial charge in [0.2, 0.25) is 0 Å². The van der Waals surface area contributed by atoms with Gasteiger partial charge >= 0.3 is 0 Å². The third-order valence-electron chi connectivity index (χ3n) is 4.02. The Balaban J connectivity index is 1.91. The summed E-state index contributed by atoms with van der Waals surface area (Å²) in [7, 11) is -1.68. The number of carbonyl (C=O) groups is 2.